The molecule has 3 aromatic rings. The first kappa shape index (κ1) is 13.6. The van der Waals surface area contributed by atoms with Crippen LogP contribution in [0.1, 0.15) is 16.1 Å². The van der Waals surface area contributed by atoms with Crippen LogP contribution >= 0.6 is 0 Å². The molecule has 22 heavy (non-hydrogen) atoms. The summed E-state index contributed by atoms with van der Waals surface area (Å²) in [7, 11) is 0. The van der Waals surface area contributed by atoms with Crippen molar-refractivity contribution in [2.75, 3.05) is 5.32 Å². The molecule has 0 aliphatic rings. The maximum atomic E-state index is 12.2. The molecule has 0 spiro atoms. The molecule has 5 heteroatoms. The SMILES string of the molecule is N#Cc1ccccc1NC(=O)c1cc2ccccc2c(=O)o1. The lowest BCUT2D eigenvalue weighted by Gasteiger charge is -2.06. The lowest BCUT2D eigenvalue weighted by molar-refractivity contribution is 0.0993. The molecule has 1 amide bonds. The van der Waals surface area contributed by atoms with Gasteiger partial charge in [-0.15, -0.1) is 0 Å². The number of nitrogens with one attached hydrogen (secondary N) is 1. The Morgan fingerprint density at radius 1 is 1.09 bits per heavy atom. The Bertz CT molecular complexity index is 967. The third-order valence-corrected chi connectivity index (χ3v) is 3.19. The number of para-hydroxylation sites is 1. The Labute approximate surface area is 125 Å². The monoisotopic (exact) mass is 290 g/mol. The zero-order valence-corrected chi connectivity index (χ0v) is 11.4. The first-order valence-corrected chi connectivity index (χ1v) is 6.52. The number of hydrogen-bond donors (Lipinski definition) is 1. The minimum atomic E-state index is -0.578. The van der Waals surface area contributed by atoms with Gasteiger partial charge in [-0.3, -0.25) is 4.79 Å². The van der Waals surface area contributed by atoms with Crippen LogP contribution in [0, 0.1) is 11.3 Å². The summed E-state index contributed by atoms with van der Waals surface area (Å²) in [5.41, 5.74) is 0.126. The topological polar surface area (TPSA) is 83.1 Å². The van der Waals surface area contributed by atoms with Crippen LogP contribution in [-0.2, 0) is 0 Å². The summed E-state index contributed by atoms with van der Waals surface area (Å²) in [4.78, 5) is 24.1. The van der Waals surface area contributed by atoms with Crippen LogP contribution in [0.2, 0.25) is 0 Å². The van der Waals surface area contributed by atoms with Crippen LogP contribution in [0.4, 0.5) is 5.69 Å². The molecule has 0 saturated carbocycles. The van der Waals surface area contributed by atoms with Crippen molar-refractivity contribution in [3.05, 3.63) is 76.3 Å². The van der Waals surface area contributed by atoms with Gasteiger partial charge in [0.15, 0.2) is 5.76 Å². The molecule has 0 radical (unpaired) electrons. The normalized spacial score (nSPS) is 10.1. The van der Waals surface area contributed by atoms with E-state index in [4.69, 9.17) is 9.68 Å². The third-order valence-electron chi connectivity index (χ3n) is 3.19. The molecule has 0 atom stereocenters. The average molecular weight is 290 g/mol. The molecule has 0 bridgehead atoms. The zero-order valence-electron chi connectivity index (χ0n) is 11.4. The highest BCUT2D eigenvalue weighted by Crippen LogP contribution is 2.16. The van der Waals surface area contributed by atoms with E-state index in [1.165, 1.54) is 6.07 Å². The summed E-state index contributed by atoms with van der Waals surface area (Å²) in [6.45, 7) is 0. The highest BCUT2D eigenvalue weighted by molar-refractivity contribution is 6.04. The number of benzene rings is 2. The zero-order chi connectivity index (χ0) is 15.5. The highest BCUT2D eigenvalue weighted by Gasteiger charge is 2.13. The molecule has 0 unspecified atom stereocenters. The number of anilines is 1. The van der Waals surface area contributed by atoms with Crippen molar-refractivity contribution in [3.63, 3.8) is 0 Å². The minimum Gasteiger partial charge on any atom is -0.417 e. The Hall–Kier alpha value is -3.39. The van der Waals surface area contributed by atoms with Gasteiger partial charge in [0.25, 0.3) is 5.91 Å². The van der Waals surface area contributed by atoms with E-state index in [1.54, 1.807) is 48.5 Å². The number of hydrogen-bond acceptors (Lipinski definition) is 4. The van der Waals surface area contributed by atoms with E-state index in [9.17, 15) is 9.59 Å². The van der Waals surface area contributed by atoms with E-state index in [0.717, 1.165) is 0 Å². The molecule has 106 valence electrons. The van der Waals surface area contributed by atoms with E-state index in [2.05, 4.69) is 5.32 Å². The largest absolute Gasteiger partial charge is 0.417 e. The lowest BCUT2D eigenvalue weighted by atomic mass is 10.1. The van der Waals surface area contributed by atoms with Gasteiger partial charge in [0, 0.05) is 0 Å². The summed E-state index contributed by atoms with van der Waals surface area (Å²) in [5, 5.41) is 12.6. The van der Waals surface area contributed by atoms with Crippen LogP contribution < -0.4 is 10.9 Å². The molecule has 0 aliphatic heterocycles. The van der Waals surface area contributed by atoms with Gasteiger partial charge in [0.05, 0.1) is 16.6 Å². The second kappa shape index (κ2) is 5.54. The van der Waals surface area contributed by atoms with Crippen molar-refractivity contribution in [1.29, 1.82) is 5.26 Å². The fourth-order valence-electron chi connectivity index (χ4n) is 2.12. The maximum Gasteiger partial charge on any atom is 0.344 e. The summed E-state index contributed by atoms with van der Waals surface area (Å²) >= 11 is 0. The number of fused-ring (bicyclic) bond motifs is 1. The fraction of sp³-hybridized carbons (Fsp3) is 0. The molecule has 0 fully saturated rings. The Balaban J connectivity index is 1.99. The van der Waals surface area contributed by atoms with E-state index in [-0.39, 0.29) is 5.76 Å². The summed E-state index contributed by atoms with van der Waals surface area (Å²) in [6, 6.07) is 16.9. The molecule has 0 saturated heterocycles. The molecular weight excluding hydrogens is 280 g/mol. The van der Waals surface area contributed by atoms with E-state index in [1.807, 2.05) is 6.07 Å². The predicted octanol–water partition coefficient (Wildman–Crippen LogP) is 2.92. The van der Waals surface area contributed by atoms with Crippen molar-refractivity contribution in [3.8, 4) is 6.07 Å². The number of nitriles is 1. The predicted molar refractivity (Wildman–Crippen MR) is 81.6 cm³/mol. The van der Waals surface area contributed by atoms with Crippen LogP contribution in [0.15, 0.2) is 63.8 Å². The Kier molecular flexibility index (Phi) is 3.42. The molecular formula is C17H10N2O3. The summed E-state index contributed by atoms with van der Waals surface area (Å²) in [6.07, 6.45) is 0. The van der Waals surface area contributed by atoms with E-state index in [0.29, 0.717) is 22.0 Å². The van der Waals surface area contributed by atoms with Crippen LogP contribution in [-0.4, -0.2) is 5.91 Å². The molecule has 2 aromatic carbocycles. The van der Waals surface area contributed by atoms with Gasteiger partial charge in [-0.1, -0.05) is 30.3 Å². The van der Waals surface area contributed by atoms with Gasteiger partial charge in [-0.2, -0.15) is 5.26 Å². The van der Waals surface area contributed by atoms with Crippen LogP contribution in [0.3, 0.4) is 0 Å². The third kappa shape index (κ3) is 2.45. The van der Waals surface area contributed by atoms with Gasteiger partial charge >= 0.3 is 5.63 Å². The van der Waals surface area contributed by atoms with Gasteiger partial charge in [-0.25, -0.2) is 4.79 Å². The van der Waals surface area contributed by atoms with E-state index < -0.39 is 11.5 Å². The fourth-order valence-corrected chi connectivity index (χ4v) is 2.12. The summed E-state index contributed by atoms with van der Waals surface area (Å²) in [5.74, 6) is -0.679. The average Bonchev–Trinajstić information content (AvgIpc) is 2.55. The number of carbonyl (C=O) groups excluding carboxylic acids is 1. The van der Waals surface area contributed by atoms with Crippen molar-refractivity contribution >= 4 is 22.4 Å². The number of amides is 1. The first-order valence-electron chi connectivity index (χ1n) is 6.52. The standard InChI is InChI=1S/C17H10N2O3/c18-10-12-6-2-4-8-14(12)19-16(20)15-9-11-5-1-3-7-13(11)17(21)22-15/h1-9H,(H,19,20). The molecule has 5 nitrogen and oxygen atoms in total. The molecule has 1 N–H and O–H groups in total. The second-order valence-electron chi connectivity index (χ2n) is 4.60. The molecule has 3 rings (SSSR count). The van der Waals surface area contributed by atoms with Gasteiger partial charge in [0.2, 0.25) is 0 Å². The van der Waals surface area contributed by atoms with Crippen molar-refractivity contribution < 1.29 is 9.21 Å². The number of nitrogens with zero attached hydrogens (tertiary/aromatic N) is 1. The van der Waals surface area contributed by atoms with Gasteiger partial charge < -0.3 is 9.73 Å². The smallest absolute Gasteiger partial charge is 0.344 e. The molecule has 1 heterocycles. The number of rotatable bonds is 2. The minimum absolute atomic E-state index is 0.101. The van der Waals surface area contributed by atoms with Crippen LogP contribution in [0.25, 0.3) is 10.8 Å². The second-order valence-corrected chi connectivity index (χ2v) is 4.60. The summed E-state index contributed by atoms with van der Waals surface area (Å²) < 4.78 is 5.05. The Morgan fingerprint density at radius 2 is 1.82 bits per heavy atom. The maximum absolute atomic E-state index is 12.2. The molecule has 1 aromatic heterocycles. The highest BCUT2D eigenvalue weighted by atomic mass is 16.4. The van der Waals surface area contributed by atoms with Crippen molar-refractivity contribution in [2.24, 2.45) is 0 Å². The van der Waals surface area contributed by atoms with Crippen LogP contribution in [0.5, 0.6) is 0 Å². The van der Waals surface area contributed by atoms with E-state index >= 15 is 0 Å². The van der Waals surface area contributed by atoms with Gasteiger partial charge in [-0.05, 0) is 29.7 Å². The van der Waals surface area contributed by atoms with Crippen molar-refractivity contribution in [2.45, 2.75) is 0 Å². The number of carbonyl (C=O) groups is 1. The molecule has 0 aliphatic carbocycles. The van der Waals surface area contributed by atoms with Crippen molar-refractivity contribution in [1.82, 2.24) is 0 Å². The Morgan fingerprint density at radius 3 is 2.64 bits per heavy atom. The first-order chi connectivity index (χ1) is 10.7. The quantitative estimate of drug-likeness (QED) is 0.786. The van der Waals surface area contributed by atoms with Gasteiger partial charge in [0.1, 0.15) is 6.07 Å². The lowest BCUT2D eigenvalue weighted by Crippen LogP contribution is -2.15.